The fraction of sp³-hybridized carbons (Fsp3) is 0.350. The molecule has 0 radical (unpaired) electrons. The smallest absolute Gasteiger partial charge is 0.226 e. The lowest BCUT2D eigenvalue weighted by Gasteiger charge is -2.18. The first kappa shape index (κ1) is 18.4. The molecule has 1 aliphatic rings. The van der Waals surface area contributed by atoms with Crippen LogP contribution in [0.1, 0.15) is 19.3 Å². The summed E-state index contributed by atoms with van der Waals surface area (Å²) in [6, 6.07) is 13.5. The van der Waals surface area contributed by atoms with Gasteiger partial charge in [0.2, 0.25) is 5.91 Å². The fourth-order valence-corrected chi connectivity index (χ4v) is 3.25. The Kier molecular flexibility index (Phi) is 6.23. The van der Waals surface area contributed by atoms with Crippen LogP contribution in [-0.2, 0) is 4.79 Å². The van der Waals surface area contributed by atoms with Gasteiger partial charge in [-0.05, 0) is 55.3 Å². The molecule has 1 amide bonds. The molecule has 0 aliphatic carbocycles. The lowest BCUT2D eigenvalue weighted by atomic mass is 10.2. The summed E-state index contributed by atoms with van der Waals surface area (Å²) in [4.78, 5) is 14.6. The SMILES string of the molecule is COc1ccc(Cl)cc1NC(=O)CCNc1ccc(N2CCCC2)cc1. The van der Waals surface area contributed by atoms with E-state index >= 15 is 0 Å². The minimum Gasteiger partial charge on any atom is -0.495 e. The van der Waals surface area contributed by atoms with Gasteiger partial charge in [0, 0.05) is 42.5 Å². The van der Waals surface area contributed by atoms with Crippen molar-refractivity contribution in [3.05, 3.63) is 47.5 Å². The normalized spacial score (nSPS) is 13.5. The molecular formula is C20H24ClN3O2. The summed E-state index contributed by atoms with van der Waals surface area (Å²) in [5.41, 5.74) is 2.86. The molecule has 0 saturated carbocycles. The van der Waals surface area contributed by atoms with Crippen LogP contribution >= 0.6 is 11.6 Å². The third kappa shape index (κ3) is 4.82. The lowest BCUT2D eigenvalue weighted by Crippen LogP contribution is -2.18. The zero-order valence-corrected chi connectivity index (χ0v) is 15.7. The summed E-state index contributed by atoms with van der Waals surface area (Å²) in [6.07, 6.45) is 2.89. The third-order valence-corrected chi connectivity index (χ3v) is 4.69. The van der Waals surface area contributed by atoms with Gasteiger partial charge in [0.15, 0.2) is 0 Å². The predicted octanol–water partition coefficient (Wildman–Crippen LogP) is 4.39. The molecule has 5 nitrogen and oxygen atoms in total. The molecule has 0 spiro atoms. The van der Waals surface area contributed by atoms with Crippen molar-refractivity contribution in [2.75, 3.05) is 42.3 Å². The highest BCUT2D eigenvalue weighted by atomic mass is 35.5. The van der Waals surface area contributed by atoms with Gasteiger partial charge in [0.25, 0.3) is 0 Å². The maximum atomic E-state index is 12.2. The number of rotatable bonds is 7. The Labute approximate surface area is 159 Å². The topological polar surface area (TPSA) is 53.6 Å². The van der Waals surface area contributed by atoms with Gasteiger partial charge in [-0.3, -0.25) is 4.79 Å². The molecule has 1 aliphatic heterocycles. The van der Waals surface area contributed by atoms with E-state index in [4.69, 9.17) is 16.3 Å². The standard InChI is InChI=1S/C20H24ClN3O2/c1-26-19-9-4-15(21)14-18(19)23-20(25)10-11-22-16-5-7-17(8-6-16)24-12-2-3-13-24/h4-9,14,22H,2-3,10-13H2,1H3,(H,23,25). The number of hydrogen-bond acceptors (Lipinski definition) is 4. The quantitative estimate of drug-likeness (QED) is 0.755. The van der Waals surface area contributed by atoms with E-state index in [0.717, 1.165) is 18.8 Å². The Bertz CT molecular complexity index is 743. The number of methoxy groups -OCH3 is 1. The van der Waals surface area contributed by atoms with Crippen molar-refractivity contribution in [3.63, 3.8) is 0 Å². The van der Waals surface area contributed by atoms with Gasteiger partial charge >= 0.3 is 0 Å². The second-order valence-electron chi connectivity index (χ2n) is 6.31. The number of nitrogens with one attached hydrogen (secondary N) is 2. The highest BCUT2D eigenvalue weighted by Crippen LogP contribution is 2.27. The fourth-order valence-electron chi connectivity index (χ4n) is 3.08. The van der Waals surface area contributed by atoms with Gasteiger partial charge in [0.05, 0.1) is 12.8 Å². The number of halogens is 1. The van der Waals surface area contributed by atoms with E-state index in [1.807, 2.05) is 0 Å². The van der Waals surface area contributed by atoms with Crippen molar-refractivity contribution < 1.29 is 9.53 Å². The van der Waals surface area contributed by atoms with Crippen LogP contribution in [0.25, 0.3) is 0 Å². The maximum absolute atomic E-state index is 12.2. The number of benzene rings is 2. The number of anilines is 3. The van der Waals surface area contributed by atoms with E-state index in [2.05, 4.69) is 39.8 Å². The molecule has 26 heavy (non-hydrogen) atoms. The Hall–Kier alpha value is -2.40. The second-order valence-corrected chi connectivity index (χ2v) is 6.75. The maximum Gasteiger partial charge on any atom is 0.226 e. The molecule has 6 heteroatoms. The Balaban J connectivity index is 1.47. The monoisotopic (exact) mass is 373 g/mol. The molecular weight excluding hydrogens is 350 g/mol. The average Bonchev–Trinajstić information content (AvgIpc) is 3.17. The summed E-state index contributed by atoms with van der Waals surface area (Å²) in [5, 5.41) is 6.68. The highest BCUT2D eigenvalue weighted by molar-refractivity contribution is 6.31. The number of ether oxygens (including phenoxy) is 1. The van der Waals surface area contributed by atoms with Crippen molar-refractivity contribution >= 4 is 34.6 Å². The van der Waals surface area contributed by atoms with E-state index in [-0.39, 0.29) is 5.91 Å². The van der Waals surface area contributed by atoms with Crippen LogP contribution in [0, 0.1) is 0 Å². The van der Waals surface area contributed by atoms with Crippen molar-refractivity contribution in [2.45, 2.75) is 19.3 Å². The lowest BCUT2D eigenvalue weighted by molar-refractivity contribution is -0.116. The Morgan fingerprint density at radius 3 is 2.58 bits per heavy atom. The summed E-state index contributed by atoms with van der Waals surface area (Å²) in [5.74, 6) is 0.500. The molecule has 1 fully saturated rings. The van der Waals surface area contributed by atoms with Crippen LogP contribution in [0.15, 0.2) is 42.5 Å². The van der Waals surface area contributed by atoms with Crippen LogP contribution in [0.2, 0.25) is 5.02 Å². The molecule has 2 N–H and O–H groups in total. The first-order valence-electron chi connectivity index (χ1n) is 8.88. The molecule has 1 heterocycles. The molecule has 0 unspecified atom stereocenters. The summed E-state index contributed by atoms with van der Waals surface area (Å²) < 4.78 is 5.24. The molecule has 2 aromatic carbocycles. The first-order valence-corrected chi connectivity index (χ1v) is 9.26. The largest absolute Gasteiger partial charge is 0.495 e. The van der Waals surface area contributed by atoms with Gasteiger partial charge in [-0.1, -0.05) is 11.6 Å². The predicted molar refractivity (Wildman–Crippen MR) is 108 cm³/mol. The zero-order chi connectivity index (χ0) is 18.4. The van der Waals surface area contributed by atoms with Crippen molar-refractivity contribution in [1.29, 1.82) is 0 Å². The van der Waals surface area contributed by atoms with E-state index < -0.39 is 0 Å². The molecule has 138 valence electrons. The summed E-state index contributed by atoms with van der Waals surface area (Å²) >= 11 is 5.98. The number of hydrogen-bond donors (Lipinski definition) is 2. The Morgan fingerprint density at radius 1 is 1.15 bits per heavy atom. The zero-order valence-electron chi connectivity index (χ0n) is 14.9. The molecule has 0 aromatic heterocycles. The van der Waals surface area contributed by atoms with Crippen LogP contribution in [-0.4, -0.2) is 32.7 Å². The number of carbonyl (C=O) groups is 1. The van der Waals surface area contributed by atoms with Crippen molar-refractivity contribution in [1.82, 2.24) is 0 Å². The van der Waals surface area contributed by atoms with Crippen LogP contribution < -0.4 is 20.3 Å². The molecule has 0 atom stereocenters. The van der Waals surface area contributed by atoms with Crippen LogP contribution in [0.4, 0.5) is 17.1 Å². The second kappa shape index (κ2) is 8.81. The summed E-state index contributed by atoms with van der Waals surface area (Å²) in [6.45, 7) is 2.83. The van der Waals surface area contributed by atoms with E-state index in [9.17, 15) is 4.79 Å². The first-order chi connectivity index (χ1) is 12.7. The van der Waals surface area contributed by atoms with Gasteiger partial charge in [0.1, 0.15) is 5.75 Å². The van der Waals surface area contributed by atoms with Crippen LogP contribution in [0.3, 0.4) is 0 Å². The molecule has 3 rings (SSSR count). The summed E-state index contributed by atoms with van der Waals surface area (Å²) in [7, 11) is 1.56. The minimum absolute atomic E-state index is 0.0910. The van der Waals surface area contributed by atoms with Gasteiger partial charge in [-0.2, -0.15) is 0 Å². The van der Waals surface area contributed by atoms with Crippen molar-refractivity contribution in [2.24, 2.45) is 0 Å². The van der Waals surface area contributed by atoms with Gasteiger partial charge in [-0.25, -0.2) is 0 Å². The third-order valence-electron chi connectivity index (χ3n) is 4.46. The number of amides is 1. The van der Waals surface area contributed by atoms with E-state index in [1.54, 1.807) is 25.3 Å². The van der Waals surface area contributed by atoms with Crippen molar-refractivity contribution in [3.8, 4) is 5.75 Å². The van der Waals surface area contributed by atoms with E-state index in [1.165, 1.54) is 18.5 Å². The molecule has 2 aromatic rings. The Morgan fingerprint density at radius 2 is 1.88 bits per heavy atom. The average molecular weight is 374 g/mol. The number of nitrogens with zero attached hydrogens (tertiary/aromatic N) is 1. The van der Waals surface area contributed by atoms with Crippen LogP contribution in [0.5, 0.6) is 5.75 Å². The molecule has 0 bridgehead atoms. The van der Waals surface area contributed by atoms with E-state index in [0.29, 0.717) is 29.4 Å². The molecule has 1 saturated heterocycles. The van der Waals surface area contributed by atoms with Gasteiger partial charge in [-0.15, -0.1) is 0 Å². The minimum atomic E-state index is -0.0910. The highest BCUT2D eigenvalue weighted by Gasteiger charge is 2.12. The van der Waals surface area contributed by atoms with Gasteiger partial charge < -0.3 is 20.3 Å². The number of carbonyl (C=O) groups excluding carboxylic acids is 1.